The second-order valence-electron chi connectivity index (χ2n) is 4.70. The van der Waals surface area contributed by atoms with Gasteiger partial charge in [-0.15, -0.1) is 11.3 Å². The molecule has 3 amide bonds. The van der Waals surface area contributed by atoms with Crippen LogP contribution in [0.1, 0.15) is 38.1 Å². The zero-order valence-electron chi connectivity index (χ0n) is 12.8. The fraction of sp³-hybridized carbons (Fsp3) is 0.133. The van der Waals surface area contributed by atoms with Crippen LogP contribution in [-0.2, 0) is 9.57 Å². The quantitative estimate of drug-likeness (QED) is 0.829. The maximum absolute atomic E-state index is 12.2. The molecule has 0 radical (unpaired) electrons. The Morgan fingerprint density at radius 3 is 2.44 bits per heavy atom. The van der Waals surface area contributed by atoms with E-state index in [-0.39, 0.29) is 28.4 Å². The summed E-state index contributed by atoms with van der Waals surface area (Å²) in [5.74, 6) is -2.55. The fourth-order valence-electron chi connectivity index (χ4n) is 2.12. The minimum absolute atomic E-state index is 0.0834. The molecule has 1 aromatic carbocycles. The maximum atomic E-state index is 12.2. The Bertz CT molecular complexity index is 843. The van der Waals surface area contributed by atoms with Gasteiger partial charge in [0, 0.05) is 0 Å². The van der Waals surface area contributed by atoms with Crippen molar-refractivity contribution in [2.24, 2.45) is 0 Å². The standard InChI is InChI=1S/C15H11N3O6S/c1-2-23-15(22)17-11-10(16-7-25-11)14(21)24-18-12(19)8-5-3-4-6-9(8)13(18)20/h3-7H,2H2,1H3,(H,17,22). The third kappa shape index (κ3) is 3.06. The zero-order chi connectivity index (χ0) is 18.0. The topological polar surface area (TPSA) is 115 Å². The summed E-state index contributed by atoms with van der Waals surface area (Å²) in [5.41, 5.74) is 1.35. The molecule has 10 heteroatoms. The molecule has 0 atom stereocenters. The van der Waals surface area contributed by atoms with Crippen molar-refractivity contribution in [1.29, 1.82) is 0 Å². The normalized spacial score (nSPS) is 12.8. The molecular weight excluding hydrogens is 350 g/mol. The van der Waals surface area contributed by atoms with Gasteiger partial charge in [0.25, 0.3) is 11.8 Å². The number of hydrogen-bond acceptors (Lipinski definition) is 8. The molecule has 1 aromatic heterocycles. The molecule has 0 bridgehead atoms. The monoisotopic (exact) mass is 361 g/mol. The van der Waals surface area contributed by atoms with E-state index in [1.807, 2.05) is 0 Å². The van der Waals surface area contributed by atoms with Crippen LogP contribution in [0.15, 0.2) is 29.8 Å². The number of rotatable bonds is 4. The Morgan fingerprint density at radius 1 is 1.20 bits per heavy atom. The van der Waals surface area contributed by atoms with Gasteiger partial charge >= 0.3 is 12.1 Å². The first-order chi connectivity index (χ1) is 12.0. The first kappa shape index (κ1) is 16.6. The van der Waals surface area contributed by atoms with E-state index in [1.54, 1.807) is 19.1 Å². The summed E-state index contributed by atoms with van der Waals surface area (Å²) in [6, 6.07) is 6.11. The molecule has 0 aliphatic carbocycles. The number of nitrogens with one attached hydrogen (secondary N) is 1. The van der Waals surface area contributed by atoms with Crippen molar-refractivity contribution in [2.75, 3.05) is 11.9 Å². The van der Waals surface area contributed by atoms with Crippen molar-refractivity contribution in [3.05, 3.63) is 46.6 Å². The number of anilines is 1. The van der Waals surface area contributed by atoms with E-state index >= 15 is 0 Å². The lowest BCUT2D eigenvalue weighted by molar-refractivity contribution is -0.0587. The third-order valence-corrected chi connectivity index (χ3v) is 3.92. The highest BCUT2D eigenvalue weighted by molar-refractivity contribution is 7.14. The minimum atomic E-state index is -1.05. The van der Waals surface area contributed by atoms with Crippen LogP contribution in [-0.4, -0.2) is 40.5 Å². The fourth-order valence-corrected chi connectivity index (χ4v) is 2.77. The highest BCUT2D eigenvalue weighted by Gasteiger charge is 2.39. The smallest absolute Gasteiger partial charge is 0.412 e. The molecule has 2 aromatic rings. The summed E-state index contributed by atoms with van der Waals surface area (Å²) in [5, 5.41) is 2.80. The Balaban J connectivity index is 1.76. The molecule has 2 heterocycles. The van der Waals surface area contributed by atoms with Crippen LogP contribution in [0, 0.1) is 0 Å². The summed E-state index contributed by atoms with van der Waals surface area (Å²) < 4.78 is 4.72. The number of hydrogen-bond donors (Lipinski definition) is 1. The highest BCUT2D eigenvalue weighted by Crippen LogP contribution is 2.25. The molecule has 0 spiro atoms. The Morgan fingerprint density at radius 2 is 1.84 bits per heavy atom. The number of benzene rings is 1. The van der Waals surface area contributed by atoms with Crippen LogP contribution < -0.4 is 5.32 Å². The molecular formula is C15H11N3O6S. The number of ether oxygens (including phenoxy) is 1. The summed E-state index contributed by atoms with van der Waals surface area (Å²) >= 11 is 0.967. The number of carbonyl (C=O) groups is 4. The van der Waals surface area contributed by atoms with Crippen LogP contribution in [0.3, 0.4) is 0 Å². The van der Waals surface area contributed by atoms with Gasteiger partial charge in [0.15, 0.2) is 5.69 Å². The number of nitrogens with zero attached hydrogens (tertiary/aromatic N) is 2. The van der Waals surface area contributed by atoms with Crippen molar-refractivity contribution in [2.45, 2.75) is 6.92 Å². The molecule has 9 nitrogen and oxygen atoms in total. The van der Waals surface area contributed by atoms with E-state index in [1.165, 1.54) is 17.6 Å². The Labute approximate surface area is 145 Å². The predicted molar refractivity (Wildman–Crippen MR) is 85.1 cm³/mol. The Hall–Kier alpha value is -3.27. The van der Waals surface area contributed by atoms with Gasteiger partial charge in [0.2, 0.25) is 0 Å². The van der Waals surface area contributed by atoms with Gasteiger partial charge in [-0.1, -0.05) is 17.2 Å². The van der Waals surface area contributed by atoms with E-state index in [4.69, 9.17) is 9.57 Å². The number of thiazole rings is 1. The van der Waals surface area contributed by atoms with Crippen molar-refractivity contribution in [1.82, 2.24) is 10.0 Å². The van der Waals surface area contributed by atoms with Gasteiger partial charge in [0.1, 0.15) is 5.00 Å². The molecule has 1 aliphatic heterocycles. The van der Waals surface area contributed by atoms with Crippen LogP contribution >= 0.6 is 11.3 Å². The lowest BCUT2D eigenvalue weighted by atomic mass is 10.1. The van der Waals surface area contributed by atoms with Crippen LogP contribution in [0.2, 0.25) is 0 Å². The molecule has 0 fully saturated rings. The lowest BCUT2D eigenvalue weighted by Gasteiger charge is -2.12. The number of aromatic nitrogens is 1. The summed E-state index contributed by atoms with van der Waals surface area (Å²) in [6.07, 6.45) is -0.762. The van der Waals surface area contributed by atoms with Gasteiger partial charge in [-0.25, -0.2) is 14.6 Å². The van der Waals surface area contributed by atoms with Crippen molar-refractivity contribution >= 4 is 40.2 Å². The van der Waals surface area contributed by atoms with Gasteiger partial charge in [-0.3, -0.25) is 14.9 Å². The van der Waals surface area contributed by atoms with Gasteiger partial charge in [-0.05, 0) is 19.1 Å². The summed E-state index contributed by atoms with van der Waals surface area (Å²) in [6.45, 7) is 1.78. The van der Waals surface area contributed by atoms with Crippen molar-refractivity contribution < 1.29 is 28.8 Å². The van der Waals surface area contributed by atoms with E-state index in [9.17, 15) is 19.2 Å². The Kier molecular flexibility index (Phi) is 4.44. The maximum Gasteiger partial charge on any atom is 0.412 e. The van der Waals surface area contributed by atoms with Gasteiger partial charge in [-0.2, -0.15) is 0 Å². The van der Waals surface area contributed by atoms with Crippen molar-refractivity contribution in [3.63, 3.8) is 0 Å². The number of hydroxylamine groups is 2. The van der Waals surface area contributed by atoms with Crippen LogP contribution in [0.4, 0.5) is 9.80 Å². The minimum Gasteiger partial charge on any atom is -0.450 e. The summed E-state index contributed by atoms with van der Waals surface area (Å²) in [7, 11) is 0. The average molecular weight is 361 g/mol. The van der Waals surface area contributed by atoms with E-state index in [0.29, 0.717) is 5.06 Å². The van der Waals surface area contributed by atoms with E-state index < -0.39 is 23.9 Å². The SMILES string of the molecule is CCOC(=O)Nc1scnc1C(=O)ON1C(=O)c2ccccc2C1=O. The number of amides is 3. The molecule has 0 saturated heterocycles. The van der Waals surface area contributed by atoms with Gasteiger partial charge in [0.05, 0.1) is 23.2 Å². The first-order valence-corrected chi connectivity index (χ1v) is 7.98. The first-order valence-electron chi connectivity index (χ1n) is 7.10. The van der Waals surface area contributed by atoms with Crippen LogP contribution in [0.5, 0.6) is 0 Å². The summed E-state index contributed by atoms with van der Waals surface area (Å²) in [4.78, 5) is 56.8. The molecule has 128 valence electrons. The molecule has 1 aliphatic rings. The van der Waals surface area contributed by atoms with Crippen molar-refractivity contribution in [3.8, 4) is 0 Å². The number of carbonyl (C=O) groups excluding carboxylic acids is 4. The average Bonchev–Trinajstić information content (AvgIpc) is 3.14. The molecule has 25 heavy (non-hydrogen) atoms. The number of fused-ring (bicyclic) bond motifs is 1. The molecule has 0 unspecified atom stereocenters. The van der Waals surface area contributed by atoms with E-state index in [2.05, 4.69) is 10.3 Å². The second-order valence-corrected chi connectivity index (χ2v) is 5.56. The predicted octanol–water partition coefficient (Wildman–Crippen LogP) is 2.08. The molecule has 1 N–H and O–H groups in total. The molecule has 0 saturated carbocycles. The lowest BCUT2D eigenvalue weighted by Crippen LogP contribution is -2.33. The molecule has 3 rings (SSSR count). The second kappa shape index (κ2) is 6.69. The highest BCUT2D eigenvalue weighted by atomic mass is 32.1. The van der Waals surface area contributed by atoms with Crippen LogP contribution in [0.25, 0.3) is 0 Å². The van der Waals surface area contributed by atoms with Gasteiger partial charge < -0.3 is 9.57 Å². The zero-order valence-corrected chi connectivity index (χ0v) is 13.7. The third-order valence-electron chi connectivity index (χ3n) is 3.18. The number of imide groups is 1. The van der Waals surface area contributed by atoms with E-state index in [0.717, 1.165) is 11.3 Å². The largest absolute Gasteiger partial charge is 0.450 e.